The summed E-state index contributed by atoms with van der Waals surface area (Å²) in [5.74, 6) is -0.921. The van der Waals surface area contributed by atoms with Gasteiger partial charge < -0.3 is 19.5 Å². The highest BCUT2D eigenvalue weighted by Crippen LogP contribution is 2.10. The Balaban J connectivity index is 1.38. The molecule has 28 heavy (non-hydrogen) atoms. The number of nitrogens with zero attached hydrogens (tertiary/aromatic N) is 2. The molecule has 0 radical (unpaired) electrons. The van der Waals surface area contributed by atoms with Crippen LogP contribution < -0.4 is 5.32 Å². The lowest BCUT2D eigenvalue weighted by Crippen LogP contribution is -2.51. The smallest absolute Gasteiger partial charge is 0.289 e. The molecule has 0 aliphatic carbocycles. The van der Waals surface area contributed by atoms with Crippen LogP contribution in [0.3, 0.4) is 0 Å². The Labute approximate surface area is 162 Å². The van der Waals surface area contributed by atoms with Gasteiger partial charge in [-0.25, -0.2) is 4.39 Å². The average molecular weight is 387 g/mol. The van der Waals surface area contributed by atoms with Crippen molar-refractivity contribution in [2.24, 2.45) is 0 Å². The number of benzene rings is 1. The molecule has 2 heterocycles. The van der Waals surface area contributed by atoms with Gasteiger partial charge in [-0.1, -0.05) is 18.2 Å². The standard InChI is InChI=1S/C20H22FN3O4/c21-16-5-2-1-4-15(16)7-8-22-18(25)14-19(26)23-9-11-24(12-10-23)20(27)17-6-3-13-28-17/h1-6,13H,7-12,14H2,(H,22,25). The summed E-state index contributed by atoms with van der Waals surface area (Å²) in [4.78, 5) is 39.7. The van der Waals surface area contributed by atoms with Crippen LogP contribution in [0, 0.1) is 5.82 Å². The molecule has 0 spiro atoms. The van der Waals surface area contributed by atoms with Crippen molar-refractivity contribution in [1.29, 1.82) is 0 Å². The Hall–Kier alpha value is -3.16. The molecule has 1 fully saturated rings. The first-order valence-corrected chi connectivity index (χ1v) is 9.15. The van der Waals surface area contributed by atoms with Crippen molar-refractivity contribution in [2.45, 2.75) is 12.8 Å². The van der Waals surface area contributed by atoms with Gasteiger partial charge in [-0.05, 0) is 30.2 Å². The molecule has 0 unspecified atom stereocenters. The normalized spacial score (nSPS) is 14.0. The fourth-order valence-electron chi connectivity index (χ4n) is 3.06. The first kappa shape index (κ1) is 19.6. The molecule has 148 valence electrons. The second-order valence-corrected chi connectivity index (χ2v) is 6.52. The highest BCUT2D eigenvalue weighted by Gasteiger charge is 2.26. The largest absolute Gasteiger partial charge is 0.459 e. The van der Waals surface area contributed by atoms with Crippen molar-refractivity contribution in [3.8, 4) is 0 Å². The van der Waals surface area contributed by atoms with Crippen LogP contribution in [-0.4, -0.2) is 60.2 Å². The van der Waals surface area contributed by atoms with E-state index in [1.54, 1.807) is 40.1 Å². The van der Waals surface area contributed by atoms with Crippen LogP contribution in [0.25, 0.3) is 0 Å². The summed E-state index contributed by atoms with van der Waals surface area (Å²) in [6.07, 6.45) is 1.54. The fourth-order valence-corrected chi connectivity index (χ4v) is 3.06. The Kier molecular flexibility index (Phi) is 6.41. The molecule has 3 amide bonds. The molecule has 1 aromatic heterocycles. The number of hydrogen-bond acceptors (Lipinski definition) is 4. The monoisotopic (exact) mass is 387 g/mol. The number of carbonyl (C=O) groups excluding carboxylic acids is 3. The number of piperazine rings is 1. The van der Waals surface area contributed by atoms with E-state index in [1.807, 2.05) is 0 Å². The SMILES string of the molecule is O=C(CC(=O)N1CCN(C(=O)c2ccco2)CC1)NCCc1ccccc1F. The van der Waals surface area contributed by atoms with Gasteiger partial charge in [0.1, 0.15) is 12.2 Å². The van der Waals surface area contributed by atoms with Crippen LogP contribution in [0.4, 0.5) is 4.39 Å². The molecular weight excluding hydrogens is 365 g/mol. The van der Waals surface area contributed by atoms with Crippen molar-refractivity contribution < 1.29 is 23.2 Å². The predicted octanol–water partition coefficient (Wildman–Crippen LogP) is 1.45. The third-order valence-corrected chi connectivity index (χ3v) is 4.64. The molecule has 2 aromatic rings. The number of amides is 3. The first-order chi connectivity index (χ1) is 13.5. The van der Waals surface area contributed by atoms with Crippen molar-refractivity contribution in [2.75, 3.05) is 32.7 Å². The molecule has 1 saturated heterocycles. The highest BCUT2D eigenvalue weighted by molar-refractivity contribution is 5.97. The molecule has 0 atom stereocenters. The van der Waals surface area contributed by atoms with Crippen LogP contribution in [-0.2, 0) is 16.0 Å². The molecule has 1 aromatic carbocycles. The average Bonchev–Trinajstić information content (AvgIpc) is 3.24. The lowest BCUT2D eigenvalue weighted by atomic mass is 10.1. The second kappa shape index (κ2) is 9.16. The van der Waals surface area contributed by atoms with Crippen molar-refractivity contribution in [3.05, 3.63) is 59.8 Å². The Morgan fingerprint density at radius 3 is 2.39 bits per heavy atom. The van der Waals surface area contributed by atoms with Gasteiger partial charge >= 0.3 is 0 Å². The predicted molar refractivity (Wildman–Crippen MR) is 98.9 cm³/mol. The number of halogens is 1. The van der Waals surface area contributed by atoms with Gasteiger partial charge in [0, 0.05) is 32.7 Å². The maximum atomic E-state index is 13.5. The zero-order valence-electron chi connectivity index (χ0n) is 15.4. The molecule has 0 saturated carbocycles. The molecule has 1 N–H and O–H groups in total. The number of hydrogen-bond donors (Lipinski definition) is 1. The van der Waals surface area contributed by atoms with E-state index >= 15 is 0 Å². The molecule has 7 nitrogen and oxygen atoms in total. The minimum atomic E-state index is -0.393. The summed E-state index contributed by atoms with van der Waals surface area (Å²) in [5, 5.41) is 2.64. The van der Waals surface area contributed by atoms with Crippen LogP contribution in [0.1, 0.15) is 22.5 Å². The van der Waals surface area contributed by atoms with Crippen LogP contribution in [0.2, 0.25) is 0 Å². The quantitative estimate of drug-likeness (QED) is 0.761. The molecule has 8 heteroatoms. The van der Waals surface area contributed by atoms with Crippen molar-refractivity contribution >= 4 is 17.7 Å². The highest BCUT2D eigenvalue weighted by atomic mass is 19.1. The van der Waals surface area contributed by atoms with Gasteiger partial charge in [0.05, 0.1) is 6.26 Å². The summed E-state index contributed by atoms with van der Waals surface area (Å²) in [7, 11) is 0. The lowest BCUT2D eigenvalue weighted by Gasteiger charge is -2.34. The van der Waals surface area contributed by atoms with Gasteiger partial charge in [-0.3, -0.25) is 14.4 Å². The Morgan fingerprint density at radius 2 is 1.71 bits per heavy atom. The summed E-state index contributed by atoms with van der Waals surface area (Å²) < 4.78 is 18.6. The van der Waals surface area contributed by atoms with E-state index in [0.717, 1.165) is 0 Å². The van der Waals surface area contributed by atoms with E-state index in [-0.39, 0.29) is 36.4 Å². The van der Waals surface area contributed by atoms with Crippen molar-refractivity contribution in [1.82, 2.24) is 15.1 Å². The number of carbonyl (C=O) groups is 3. The van der Waals surface area contributed by atoms with Crippen LogP contribution in [0.15, 0.2) is 47.1 Å². The molecule has 1 aliphatic rings. The number of nitrogens with one attached hydrogen (secondary N) is 1. The van der Waals surface area contributed by atoms with E-state index < -0.39 is 5.91 Å². The van der Waals surface area contributed by atoms with E-state index in [1.165, 1.54) is 12.3 Å². The second-order valence-electron chi connectivity index (χ2n) is 6.52. The number of rotatable bonds is 6. The minimum Gasteiger partial charge on any atom is -0.459 e. The topological polar surface area (TPSA) is 82.9 Å². The van der Waals surface area contributed by atoms with E-state index in [4.69, 9.17) is 4.42 Å². The van der Waals surface area contributed by atoms with Gasteiger partial charge in [0.15, 0.2) is 5.76 Å². The van der Waals surface area contributed by atoms with Crippen molar-refractivity contribution in [3.63, 3.8) is 0 Å². The zero-order chi connectivity index (χ0) is 19.9. The third kappa shape index (κ3) is 4.97. The van der Waals surface area contributed by atoms with E-state index in [2.05, 4.69) is 5.32 Å². The zero-order valence-corrected chi connectivity index (χ0v) is 15.4. The van der Waals surface area contributed by atoms with Gasteiger partial charge in [-0.15, -0.1) is 0 Å². The Bertz CT molecular complexity index is 830. The summed E-state index contributed by atoms with van der Waals surface area (Å²) in [5.41, 5.74) is 0.520. The Morgan fingerprint density at radius 1 is 1.00 bits per heavy atom. The third-order valence-electron chi connectivity index (χ3n) is 4.64. The lowest BCUT2D eigenvalue weighted by molar-refractivity contribution is -0.137. The molecule has 1 aliphatic heterocycles. The minimum absolute atomic E-state index is 0.206. The number of furan rings is 1. The summed E-state index contributed by atoms with van der Waals surface area (Å²) in [6, 6.07) is 9.63. The maximum Gasteiger partial charge on any atom is 0.289 e. The van der Waals surface area contributed by atoms with Gasteiger partial charge in [0.25, 0.3) is 5.91 Å². The summed E-state index contributed by atoms with van der Waals surface area (Å²) >= 11 is 0. The molecule has 0 bridgehead atoms. The van der Waals surface area contributed by atoms with E-state index in [9.17, 15) is 18.8 Å². The maximum absolute atomic E-state index is 13.5. The first-order valence-electron chi connectivity index (χ1n) is 9.15. The molecule has 3 rings (SSSR count). The van der Waals surface area contributed by atoms with Crippen LogP contribution in [0.5, 0.6) is 0 Å². The van der Waals surface area contributed by atoms with Gasteiger partial charge in [-0.2, -0.15) is 0 Å². The van der Waals surface area contributed by atoms with E-state index in [0.29, 0.717) is 38.2 Å². The fraction of sp³-hybridized carbons (Fsp3) is 0.350. The van der Waals surface area contributed by atoms with Gasteiger partial charge in [0.2, 0.25) is 11.8 Å². The molecular formula is C20H22FN3O4. The van der Waals surface area contributed by atoms with Crippen LogP contribution >= 0.6 is 0 Å². The summed E-state index contributed by atoms with van der Waals surface area (Å²) in [6.45, 7) is 1.78.